The Kier molecular flexibility index (Phi) is 9.26. The third-order valence-electron chi connectivity index (χ3n) is 7.08. The van der Waals surface area contributed by atoms with E-state index in [4.69, 9.17) is 27.1 Å². The monoisotopic (exact) mass is 501 g/mol. The normalized spacial score (nSPS) is 19.8. The van der Waals surface area contributed by atoms with Crippen LogP contribution in [0, 0.1) is 0 Å². The van der Waals surface area contributed by atoms with Gasteiger partial charge in [-0.15, -0.1) is 0 Å². The molecule has 1 aromatic carbocycles. The maximum atomic E-state index is 6.44. The first-order valence-electron chi connectivity index (χ1n) is 13.3. The number of halogens is 1. The second kappa shape index (κ2) is 12.6. The predicted molar refractivity (Wildman–Crippen MR) is 144 cm³/mol. The van der Waals surface area contributed by atoms with Crippen molar-refractivity contribution >= 4 is 35.1 Å². The fourth-order valence-corrected chi connectivity index (χ4v) is 5.66. The van der Waals surface area contributed by atoms with Crippen LogP contribution in [0.5, 0.6) is 5.75 Å². The zero-order valence-corrected chi connectivity index (χ0v) is 21.9. The molecular weight excluding hydrogens is 462 g/mol. The van der Waals surface area contributed by atoms with E-state index in [9.17, 15) is 0 Å². The van der Waals surface area contributed by atoms with E-state index in [-0.39, 0.29) is 5.95 Å². The summed E-state index contributed by atoms with van der Waals surface area (Å²) in [7, 11) is 0. The molecule has 2 heterocycles. The van der Waals surface area contributed by atoms with E-state index >= 15 is 0 Å². The maximum Gasteiger partial charge on any atom is 0.233 e. The van der Waals surface area contributed by atoms with Crippen LogP contribution in [0.4, 0.5) is 23.5 Å². The summed E-state index contributed by atoms with van der Waals surface area (Å²) >= 11 is 6.44. The van der Waals surface area contributed by atoms with Gasteiger partial charge in [-0.1, -0.05) is 51.1 Å². The Morgan fingerprint density at radius 3 is 2.57 bits per heavy atom. The Morgan fingerprint density at radius 1 is 1.11 bits per heavy atom. The molecule has 35 heavy (non-hydrogen) atoms. The summed E-state index contributed by atoms with van der Waals surface area (Å²) in [5, 5.41) is 7.55. The number of nitrogens with zero attached hydrogens (tertiary/aromatic N) is 4. The van der Waals surface area contributed by atoms with Crippen LogP contribution in [-0.2, 0) is 0 Å². The number of ether oxygens (including phenoxy) is 1. The molecule has 192 valence electrons. The number of benzene rings is 1. The highest BCUT2D eigenvalue weighted by Gasteiger charge is 2.35. The molecule has 2 aromatic rings. The first-order chi connectivity index (χ1) is 17.1. The molecule has 2 aliphatic rings. The van der Waals surface area contributed by atoms with Crippen LogP contribution >= 0.6 is 11.6 Å². The Bertz CT molecular complexity index is 945. The Balaban J connectivity index is 1.62. The van der Waals surface area contributed by atoms with Crippen molar-refractivity contribution in [2.45, 2.75) is 96.2 Å². The summed E-state index contributed by atoms with van der Waals surface area (Å²) < 4.78 is 5.69. The number of nitrogen functional groups attached to an aromatic ring is 1. The lowest BCUT2D eigenvalue weighted by Crippen LogP contribution is -2.52. The molecule has 2 unspecified atom stereocenters. The van der Waals surface area contributed by atoms with E-state index in [0.29, 0.717) is 47.4 Å². The Labute approximate surface area is 214 Å². The van der Waals surface area contributed by atoms with E-state index in [1.807, 2.05) is 18.2 Å². The van der Waals surface area contributed by atoms with Gasteiger partial charge in [-0.2, -0.15) is 15.0 Å². The van der Waals surface area contributed by atoms with Gasteiger partial charge < -0.3 is 26.0 Å². The fraction of sp³-hybridized carbons (Fsp3) is 0.654. The highest BCUT2D eigenvalue weighted by molar-refractivity contribution is 6.32. The smallest absolute Gasteiger partial charge is 0.233 e. The van der Waals surface area contributed by atoms with Gasteiger partial charge in [-0.3, -0.25) is 0 Å². The summed E-state index contributed by atoms with van der Waals surface area (Å²) in [6.07, 6.45) is 11.7. The number of aromatic nitrogens is 3. The van der Waals surface area contributed by atoms with Gasteiger partial charge in [0.25, 0.3) is 0 Å². The van der Waals surface area contributed by atoms with Crippen LogP contribution in [0.3, 0.4) is 0 Å². The minimum atomic E-state index is 0.222. The average molecular weight is 502 g/mol. The Morgan fingerprint density at radius 2 is 1.91 bits per heavy atom. The molecule has 8 nitrogen and oxygen atoms in total. The molecule has 4 rings (SSSR count). The van der Waals surface area contributed by atoms with Crippen LogP contribution in [0.15, 0.2) is 18.2 Å². The van der Waals surface area contributed by atoms with Gasteiger partial charge in [0.05, 0.1) is 11.6 Å². The second-order valence-electron chi connectivity index (χ2n) is 9.67. The van der Waals surface area contributed by atoms with Crippen LogP contribution in [0.25, 0.3) is 0 Å². The van der Waals surface area contributed by atoms with Crippen molar-refractivity contribution in [1.29, 1.82) is 0 Å². The van der Waals surface area contributed by atoms with Crippen molar-refractivity contribution < 1.29 is 4.74 Å². The van der Waals surface area contributed by atoms with Gasteiger partial charge in [-0.25, -0.2) is 0 Å². The molecule has 0 spiro atoms. The SMILES string of the molecule is CCCOc1ccc(Nc2nc(N)nc(N(C3CCCCCC3)C(CC)C3CCCN3)n2)cc1Cl. The molecule has 4 N–H and O–H groups in total. The minimum absolute atomic E-state index is 0.222. The molecule has 1 aliphatic heterocycles. The topological polar surface area (TPSA) is 101 Å². The van der Waals surface area contributed by atoms with Crippen molar-refractivity contribution in [2.24, 2.45) is 0 Å². The number of hydrogen-bond acceptors (Lipinski definition) is 8. The highest BCUT2D eigenvalue weighted by Crippen LogP contribution is 2.32. The lowest BCUT2D eigenvalue weighted by Gasteiger charge is -2.40. The minimum Gasteiger partial charge on any atom is -0.492 e. The van der Waals surface area contributed by atoms with Gasteiger partial charge in [-0.05, 0) is 63.3 Å². The molecule has 2 fully saturated rings. The largest absolute Gasteiger partial charge is 0.492 e. The fourth-order valence-electron chi connectivity index (χ4n) is 5.42. The number of nitrogens with one attached hydrogen (secondary N) is 2. The number of nitrogens with two attached hydrogens (primary N) is 1. The van der Waals surface area contributed by atoms with Crippen molar-refractivity contribution in [3.8, 4) is 5.75 Å². The highest BCUT2D eigenvalue weighted by atomic mass is 35.5. The zero-order chi connectivity index (χ0) is 24.6. The molecule has 1 saturated carbocycles. The summed E-state index contributed by atoms with van der Waals surface area (Å²) in [5.41, 5.74) is 7.00. The number of rotatable bonds is 10. The van der Waals surface area contributed by atoms with Crippen molar-refractivity contribution in [1.82, 2.24) is 20.3 Å². The lowest BCUT2D eigenvalue weighted by atomic mass is 9.97. The molecule has 0 bridgehead atoms. The molecule has 9 heteroatoms. The lowest BCUT2D eigenvalue weighted by molar-refractivity contribution is 0.317. The van der Waals surface area contributed by atoms with Gasteiger partial charge in [0.15, 0.2) is 0 Å². The number of hydrogen-bond donors (Lipinski definition) is 3. The molecule has 1 aromatic heterocycles. The van der Waals surface area contributed by atoms with Crippen molar-refractivity contribution in [3.63, 3.8) is 0 Å². The summed E-state index contributed by atoms with van der Waals surface area (Å²) in [6.45, 7) is 6.04. The molecule has 0 amide bonds. The molecule has 0 radical (unpaired) electrons. The molecule has 1 aliphatic carbocycles. The van der Waals surface area contributed by atoms with E-state index in [1.54, 1.807) is 0 Å². The van der Waals surface area contributed by atoms with E-state index in [0.717, 1.165) is 37.9 Å². The van der Waals surface area contributed by atoms with Crippen LogP contribution < -0.4 is 26.0 Å². The van der Waals surface area contributed by atoms with Crippen LogP contribution in [0.1, 0.15) is 78.1 Å². The van der Waals surface area contributed by atoms with Gasteiger partial charge in [0, 0.05) is 23.8 Å². The molecule has 2 atom stereocenters. The molecular formula is C26H40ClN7O. The van der Waals surface area contributed by atoms with Gasteiger partial charge in [0.1, 0.15) is 5.75 Å². The van der Waals surface area contributed by atoms with Gasteiger partial charge in [0.2, 0.25) is 17.8 Å². The van der Waals surface area contributed by atoms with Crippen LogP contribution in [0.2, 0.25) is 5.02 Å². The predicted octanol–water partition coefficient (Wildman–Crippen LogP) is 5.70. The second-order valence-corrected chi connectivity index (χ2v) is 10.1. The van der Waals surface area contributed by atoms with Crippen LogP contribution in [-0.4, -0.2) is 46.2 Å². The first-order valence-corrected chi connectivity index (χ1v) is 13.7. The standard InChI is InChI=1S/C26H40ClN7O/c1-3-16-35-23-14-13-18(17-20(23)27)30-25-31-24(28)32-26(33-25)34(19-10-7-5-6-8-11-19)22(4-2)21-12-9-15-29-21/h13-14,17,19,21-22,29H,3-12,15-16H2,1-2H3,(H3,28,30,31,32,33). The average Bonchev–Trinajstić information content (AvgIpc) is 3.24. The summed E-state index contributed by atoms with van der Waals surface area (Å²) in [4.78, 5) is 16.4. The third kappa shape index (κ3) is 6.67. The van der Waals surface area contributed by atoms with E-state index < -0.39 is 0 Å². The Hall–Kier alpha value is -2.32. The van der Waals surface area contributed by atoms with Gasteiger partial charge >= 0.3 is 0 Å². The zero-order valence-electron chi connectivity index (χ0n) is 21.1. The summed E-state index contributed by atoms with van der Waals surface area (Å²) in [5.74, 6) is 1.99. The van der Waals surface area contributed by atoms with Crippen molar-refractivity contribution in [2.75, 3.05) is 29.1 Å². The maximum absolute atomic E-state index is 6.44. The van der Waals surface area contributed by atoms with E-state index in [1.165, 1.54) is 38.5 Å². The first kappa shape index (κ1) is 25.8. The quantitative estimate of drug-likeness (QED) is 0.356. The summed E-state index contributed by atoms with van der Waals surface area (Å²) in [6, 6.07) is 6.77. The third-order valence-corrected chi connectivity index (χ3v) is 7.37. The van der Waals surface area contributed by atoms with E-state index in [2.05, 4.69) is 39.3 Å². The number of anilines is 4. The van der Waals surface area contributed by atoms with Crippen molar-refractivity contribution in [3.05, 3.63) is 23.2 Å². The molecule has 1 saturated heterocycles.